The highest BCUT2D eigenvalue weighted by Crippen LogP contribution is 2.15. The summed E-state index contributed by atoms with van der Waals surface area (Å²) in [6, 6.07) is 11.6. The van der Waals surface area contributed by atoms with Crippen LogP contribution in [0.2, 0.25) is 0 Å². The fourth-order valence-corrected chi connectivity index (χ4v) is 2.41. The van der Waals surface area contributed by atoms with Crippen molar-refractivity contribution >= 4 is 21.7 Å². The molecule has 0 saturated carbocycles. The minimum absolute atomic E-state index is 0.0693. The summed E-state index contributed by atoms with van der Waals surface area (Å²) < 4.78 is 1.03. The number of aromatic nitrogens is 2. The van der Waals surface area contributed by atoms with Crippen molar-refractivity contribution in [2.45, 2.75) is 6.42 Å². The van der Waals surface area contributed by atoms with Gasteiger partial charge < -0.3 is 10.4 Å². The average molecular weight is 347 g/mol. The van der Waals surface area contributed by atoms with Crippen molar-refractivity contribution in [2.24, 2.45) is 5.92 Å². The molecule has 6 heteroatoms. The monoisotopic (exact) mass is 346 g/mol. The number of hydrogen-bond donors (Lipinski definition) is 2. The van der Waals surface area contributed by atoms with Crippen molar-refractivity contribution < 1.29 is 5.11 Å². The SMILES string of the molecule is N#Cc1cc(NCC(CO)Cc2cccc(Br)c2)ncn1. The molecule has 0 spiro atoms. The third kappa shape index (κ3) is 4.81. The number of aliphatic hydroxyl groups excluding tert-OH is 1. The number of hydrogen-bond acceptors (Lipinski definition) is 5. The van der Waals surface area contributed by atoms with Crippen LogP contribution in [0, 0.1) is 17.2 Å². The van der Waals surface area contributed by atoms with Crippen LogP contribution in [0.4, 0.5) is 5.82 Å². The Kier molecular flexibility index (Phi) is 5.67. The van der Waals surface area contributed by atoms with E-state index >= 15 is 0 Å². The molecule has 2 rings (SSSR count). The van der Waals surface area contributed by atoms with E-state index in [1.54, 1.807) is 6.07 Å². The Hall–Kier alpha value is -1.97. The topological polar surface area (TPSA) is 81.8 Å². The minimum atomic E-state index is 0.0693. The van der Waals surface area contributed by atoms with Crippen LogP contribution >= 0.6 is 15.9 Å². The van der Waals surface area contributed by atoms with Gasteiger partial charge in [-0.2, -0.15) is 5.26 Å². The second-order valence-electron chi connectivity index (χ2n) is 4.66. The first-order chi connectivity index (χ1) is 10.2. The number of nitrogens with zero attached hydrogens (tertiary/aromatic N) is 3. The zero-order valence-corrected chi connectivity index (χ0v) is 12.9. The van der Waals surface area contributed by atoms with Crippen LogP contribution in [0.5, 0.6) is 0 Å². The highest BCUT2D eigenvalue weighted by Gasteiger charge is 2.09. The third-order valence-electron chi connectivity index (χ3n) is 3.03. The van der Waals surface area contributed by atoms with E-state index in [0.717, 1.165) is 16.5 Å². The molecule has 1 aromatic heterocycles. The van der Waals surface area contributed by atoms with E-state index in [1.807, 2.05) is 30.3 Å². The molecule has 0 aliphatic carbocycles. The van der Waals surface area contributed by atoms with Gasteiger partial charge in [-0.25, -0.2) is 9.97 Å². The van der Waals surface area contributed by atoms with Crippen LogP contribution in [-0.4, -0.2) is 28.2 Å². The van der Waals surface area contributed by atoms with E-state index in [2.05, 4.69) is 31.2 Å². The summed E-state index contributed by atoms with van der Waals surface area (Å²) in [5.41, 5.74) is 1.48. The lowest BCUT2D eigenvalue weighted by Crippen LogP contribution is -2.20. The number of benzene rings is 1. The molecule has 1 heterocycles. The molecule has 1 aromatic carbocycles. The fourth-order valence-electron chi connectivity index (χ4n) is 1.96. The van der Waals surface area contributed by atoms with Crippen LogP contribution in [0.15, 0.2) is 41.1 Å². The summed E-state index contributed by atoms with van der Waals surface area (Å²) in [5, 5.41) is 21.4. The van der Waals surface area contributed by atoms with Crippen LogP contribution < -0.4 is 5.32 Å². The number of aliphatic hydroxyl groups is 1. The lowest BCUT2D eigenvalue weighted by atomic mass is 10.00. The van der Waals surface area contributed by atoms with Crippen LogP contribution in [0.1, 0.15) is 11.3 Å². The molecule has 108 valence electrons. The summed E-state index contributed by atoms with van der Waals surface area (Å²) in [6.45, 7) is 0.653. The first-order valence-electron chi connectivity index (χ1n) is 6.52. The summed E-state index contributed by atoms with van der Waals surface area (Å²) in [4.78, 5) is 7.87. The number of nitrogens with one attached hydrogen (secondary N) is 1. The van der Waals surface area contributed by atoms with Gasteiger partial charge >= 0.3 is 0 Å². The van der Waals surface area contributed by atoms with E-state index in [9.17, 15) is 5.11 Å². The maximum Gasteiger partial charge on any atom is 0.145 e. The van der Waals surface area contributed by atoms with Gasteiger partial charge in [-0.15, -0.1) is 0 Å². The molecule has 0 fully saturated rings. The average Bonchev–Trinajstić information content (AvgIpc) is 2.51. The van der Waals surface area contributed by atoms with Crippen LogP contribution in [0.3, 0.4) is 0 Å². The van der Waals surface area contributed by atoms with Crippen molar-refractivity contribution in [1.29, 1.82) is 5.26 Å². The number of anilines is 1. The molecule has 2 aromatic rings. The summed E-state index contributed by atoms with van der Waals surface area (Å²) in [7, 11) is 0. The molecule has 1 atom stereocenters. The predicted octanol–water partition coefficient (Wildman–Crippen LogP) is 2.37. The molecule has 21 heavy (non-hydrogen) atoms. The first-order valence-corrected chi connectivity index (χ1v) is 7.32. The van der Waals surface area contributed by atoms with Crippen molar-refractivity contribution in [2.75, 3.05) is 18.5 Å². The van der Waals surface area contributed by atoms with Crippen molar-refractivity contribution in [1.82, 2.24) is 9.97 Å². The molecular formula is C15H15BrN4O. The van der Waals surface area contributed by atoms with Gasteiger partial charge in [0.05, 0.1) is 0 Å². The van der Waals surface area contributed by atoms with Gasteiger partial charge in [0.1, 0.15) is 23.9 Å². The molecule has 2 N–H and O–H groups in total. The highest BCUT2D eigenvalue weighted by atomic mass is 79.9. The second kappa shape index (κ2) is 7.72. The number of halogens is 1. The fraction of sp³-hybridized carbons (Fsp3) is 0.267. The van der Waals surface area contributed by atoms with E-state index < -0.39 is 0 Å². The maximum atomic E-state index is 9.50. The molecule has 0 saturated heterocycles. The maximum absolute atomic E-state index is 9.50. The van der Waals surface area contributed by atoms with Gasteiger partial charge in [0.15, 0.2) is 0 Å². The lowest BCUT2D eigenvalue weighted by Gasteiger charge is -2.15. The van der Waals surface area contributed by atoms with Gasteiger partial charge in [-0.05, 0) is 24.1 Å². The van der Waals surface area contributed by atoms with Crippen molar-refractivity contribution in [3.05, 3.63) is 52.4 Å². The van der Waals surface area contributed by atoms with Crippen molar-refractivity contribution in [3.63, 3.8) is 0 Å². The van der Waals surface area contributed by atoms with E-state index in [0.29, 0.717) is 18.1 Å². The van der Waals surface area contributed by atoms with E-state index in [4.69, 9.17) is 5.26 Å². The Labute approximate surface area is 131 Å². The molecule has 0 aliphatic rings. The Bertz CT molecular complexity index is 642. The molecular weight excluding hydrogens is 332 g/mol. The normalized spacial score (nSPS) is 11.7. The highest BCUT2D eigenvalue weighted by molar-refractivity contribution is 9.10. The summed E-state index contributed by atoms with van der Waals surface area (Å²) in [6.07, 6.45) is 2.11. The lowest BCUT2D eigenvalue weighted by molar-refractivity contribution is 0.232. The zero-order valence-electron chi connectivity index (χ0n) is 11.3. The molecule has 0 aliphatic heterocycles. The van der Waals surface area contributed by atoms with Gasteiger partial charge in [-0.1, -0.05) is 28.1 Å². The molecule has 5 nitrogen and oxygen atoms in total. The molecule has 0 radical (unpaired) electrons. The first kappa shape index (κ1) is 15.4. The Morgan fingerprint density at radius 2 is 2.19 bits per heavy atom. The van der Waals surface area contributed by atoms with Gasteiger partial charge in [-0.3, -0.25) is 0 Å². The van der Waals surface area contributed by atoms with Crippen molar-refractivity contribution in [3.8, 4) is 6.07 Å². The van der Waals surface area contributed by atoms with E-state index in [-0.39, 0.29) is 12.5 Å². The van der Waals surface area contributed by atoms with Crippen LogP contribution in [-0.2, 0) is 6.42 Å². The Balaban J connectivity index is 1.95. The Morgan fingerprint density at radius 1 is 1.33 bits per heavy atom. The smallest absolute Gasteiger partial charge is 0.145 e. The summed E-state index contributed by atoms with van der Waals surface area (Å²) >= 11 is 3.44. The summed E-state index contributed by atoms with van der Waals surface area (Å²) in [5.74, 6) is 0.661. The minimum Gasteiger partial charge on any atom is -0.396 e. The quantitative estimate of drug-likeness (QED) is 0.838. The van der Waals surface area contributed by atoms with Gasteiger partial charge in [0, 0.05) is 29.6 Å². The standard InChI is InChI=1S/C15H15BrN4O/c16-13-3-1-2-11(5-13)4-12(9-21)8-18-15-6-14(7-17)19-10-20-15/h1-3,5-6,10,12,21H,4,8-9H2,(H,18,19,20). The second-order valence-corrected chi connectivity index (χ2v) is 5.58. The number of rotatable bonds is 6. The number of nitriles is 1. The molecule has 0 amide bonds. The molecule has 1 unspecified atom stereocenters. The molecule has 0 bridgehead atoms. The Morgan fingerprint density at radius 3 is 2.90 bits per heavy atom. The van der Waals surface area contributed by atoms with Crippen LogP contribution in [0.25, 0.3) is 0 Å². The predicted molar refractivity (Wildman–Crippen MR) is 83.7 cm³/mol. The zero-order chi connectivity index (χ0) is 15.1. The van der Waals surface area contributed by atoms with Gasteiger partial charge in [0.25, 0.3) is 0 Å². The van der Waals surface area contributed by atoms with E-state index in [1.165, 1.54) is 6.33 Å². The largest absolute Gasteiger partial charge is 0.396 e. The third-order valence-corrected chi connectivity index (χ3v) is 3.52. The van der Waals surface area contributed by atoms with Gasteiger partial charge in [0.2, 0.25) is 0 Å².